The maximum absolute atomic E-state index is 14.0. The molecule has 0 saturated carbocycles. The number of nitrogens with one attached hydrogen (secondary N) is 1. The summed E-state index contributed by atoms with van der Waals surface area (Å²) >= 11 is 0. The molecule has 2 saturated heterocycles. The van der Waals surface area contributed by atoms with Crippen LogP contribution in [-0.2, 0) is 0 Å². The summed E-state index contributed by atoms with van der Waals surface area (Å²) < 4.78 is 14.0. The first-order valence-corrected chi connectivity index (χ1v) is 8.87. The van der Waals surface area contributed by atoms with Gasteiger partial charge in [0.05, 0.1) is 16.8 Å². The van der Waals surface area contributed by atoms with E-state index in [1.165, 1.54) is 12.1 Å². The SMILES string of the molecule is Cc1cc(F)cc2c(N3CCC(N4CCNC4=O)CC3)c(C#N)cnc12. The summed E-state index contributed by atoms with van der Waals surface area (Å²) in [6.07, 6.45) is 3.23. The first-order valence-electron chi connectivity index (χ1n) is 8.87. The number of amides is 2. The molecule has 0 unspecified atom stereocenters. The zero-order valence-electron chi connectivity index (χ0n) is 14.6. The van der Waals surface area contributed by atoms with Crippen LogP contribution in [0.25, 0.3) is 10.9 Å². The van der Waals surface area contributed by atoms with Gasteiger partial charge >= 0.3 is 6.03 Å². The van der Waals surface area contributed by atoms with Crippen molar-refractivity contribution in [3.8, 4) is 6.07 Å². The fourth-order valence-corrected chi connectivity index (χ4v) is 4.08. The van der Waals surface area contributed by atoms with Gasteiger partial charge in [-0.25, -0.2) is 9.18 Å². The molecule has 2 aliphatic rings. The van der Waals surface area contributed by atoms with Crippen LogP contribution in [0.2, 0.25) is 0 Å². The molecule has 0 radical (unpaired) electrons. The maximum Gasteiger partial charge on any atom is 0.317 e. The predicted molar refractivity (Wildman–Crippen MR) is 96.5 cm³/mol. The number of benzene rings is 1. The molecule has 0 spiro atoms. The van der Waals surface area contributed by atoms with Gasteiger partial charge in [0.2, 0.25) is 0 Å². The number of pyridine rings is 1. The van der Waals surface area contributed by atoms with Crippen LogP contribution < -0.4 is 10.2 Å². The van der Waals surface area contributed by atoms with Crippen molar-refractivity contribution in [1.82, 2.24) is 15.2 Å². The molecule has 1 N–H and O–H groups in total. The number of urea groups is 1. The molecule has 2 amide bonds. The van der Waals surface area contributed by atoms with E-state index >= 15 is 0 Å². The topological polar surface area (TPSA) is 72.3 Å². The van der Waals surface area contributed by atoms with Crippen LogP contribution in [0.3, 0.4) is 0 Å². The number of rotatable bonds is 2. The highest BCUT2D eigenvalue weighted by molar-refractivity contribution is 5.96. The number of nitriles is 1. The molecule has 7 heteroatoms. The zero-order valence-corrected chi connectivity index (χ0v) is 14.6. The Labute approximate surface area is 151 Å². The van der Waals surface area contributed by atoms with Crippen LogP contribution in [0.5, 0.6) is 0 Å². The lowest BCUT2D eigenvalue weighted by atomic mass is 9.99. The fourth-order valence-electron chi connectivity index (χ4n) is 4.08. The first-order chi connectivity index (χ1) is 12.6. The summed E-state index contributed by atoms with van der Waals surface area (Å²) in [5.41, 5.74) is 2.69. The van der Waals surface area contributed by atoms with Crippen LogP contribution in [0.15, 0.2) is 18.3 Å². The van der Waals surface area contributed by atoms with Gasteiger partial charge in [-0.05, 0) is 37.5 Å². The molecule has 1 aromatic carbocycles. The van der Waals surface area contributed by atoms with Crippen molar-refractivity contribution in [2.45, 2.75) is 25.8 Å². The molecule has 0 aliphatic carbocycles. The fraction of sp³-hybridized carbons (Fsp3) is 0.421. The minimum Gasteiger partial charge on any atom is -0.370 e. The Kier molecular flexibility index (Phi) is 4.11. The van der Waals surface area contributed by atoms with E-state index in [9.17, 15) is 14.4 Å². The highest BCUT2D eigenvalue weighted by Crippen LogP contribution is 2.34. The zero-order chi connectivity index (χ0) is 18.3. The van der Waals surface area contributed by atoms with Crippen molar-refractivity contribution in [3.63, 3.8) is 0 Å². The Morgan fingerprint density at radius 3 is 2.73 bits per heavy atom. The van der Waals surface area contributed by atoms with E-state index < -0.39 is 0 Å². The average Bonchev–Trinajstić information content (AvgIpc) is 3.06. The van der Waals surface area contributed by atoms with Gasteiger partial charge in [0, 0.05) is 43.8 Å². The smallest absolute Gasteiger partial charge is 0.317 e. The number of piperidine rings is 1. The van der Waals surface area contributed by atoms with Gasteiger partial charge in [-0.1, -0.05) is 0 Å². The van der Waals surface area contributed by atoms with E-state index in [1.54, 1.807) is 6.20 Å². The molecular formula is C19H20FN5O. The summed E-state index contributed by atoms with van der Waals surface area (Å²) in [6, 6.07) is 5.34. The molecule has 2 aliphatic heterocycles. The second-order valence-electron chi connectivity index (χ2n) is 6.89. The Bertz CT molecular complexity index is 914. The van der Waals surface area contributed by atoms with Crippen molar-refractivity contribution in [1.29, 1.82) is 5.26 Å². The highest BCUT2D eigenvalue weighted by Gasteiger charge is 2.31. The average molecular weight is 353 g/mol. The monoisotopic (exact) mass is 353 g/mol. The van der Waals surface area contributed by atoms with Crippen LogP contribution in [0.1, 0.15) is 24.0 Å². The number of aryl methyl sites for hydroxylation is 1. The predicted octanol–water partition coefficient (Wildman–Crippen LogP) is 2.55. The lowest BCUT2D eigenvalue weighted by Crippen LogP contribution is -2.46. The first kappa shape index (κ1) is 16.6. The quantitative estimate of drug-likeness (QED) is 0.901. The third-order valence-corrected chi connectivity index (χ3v) is 5.33. The molecule has 0 atom stereocenters. The van der Waals surface area contributed by atoms with Gasteiger partial charge in [0.1, 0.15) is 11.9 Å². The standard InChI is InChI=1S/C19H20FN5O/c1-12-8-14(20)9-16-17(12)23-11-13(10-21)18(16)24-5-2-15(3-6-24)25-7-4-22-19(25)26/h8-9,11,15H,2-7H2,1H3,(H,22,26). The Morgan fingerprint density at radius 2 is 2.08 bits per heavy atom. The van der Waals surface area contributed by atoms with Crippen molar-refractivity contribution < 1.29 is 9.18 Å². The molecule has 26 heavy (non-hydrogen) atoms. The molecule has 0 bridgehead atoms. The van der Waals surface area contributed by atoms with Gasteiger partial charge < -0.3 is 15.1 Å². The van der Waals surface area contributed by atoms with Gasteiger partial charge in [-0.2, -0.15) is 5.26 Å². The highest BCUT2D eigenvalue weighted by atomic mass is 19.1. The summed E-state index contributed by atoms with van der Waals surface area (Å²) in [6.45, 7) is 4.71. The summed E-state index contributed by atoms with van der Waals surface area (Å²) in [5, 5.41) is 13.1. The molecule has 4 rings (SSSR count). The number of anilines is 1. The minimum atomic E-state index is -0.322. The maximum atomic E-state index is 14.0. The second kappa shape index (κ2) is 6.45. The number of carbonyl (C=O) groups is 1. The summed E-state index contributed by atoms with van der Waals surface area (Å²) in [5.74, 6) is -0.322. The summed E-state index contributed by atoms with van der Waals surface area (Å²) in [7, 11) is 0. The normalized spacial score (nSPS) is 18.3. The van der Waals surface area contributed by atoms with Gasteiger partial charge in [-0.3, -0.25) is 4.98 Å². The number of nitrogens with zero attached hydrogens (tertiary/aromatic N) is 4. The van der Waals surface area contributed by atoms with Gasteiger partial charge in [0.25, 0.3) is 0 Å². The van der Waals surface area contributed by atoms with E-state index in [0.29, 0.717) is 17.5 Å². The Balaban J connectivity index is 1.67. The Hall–Kier alpha value is -2.88. The molecule has 3 heterocycles. The second-order valence-corrected chi connectivity index (χ2v) is 6.89. The van der Waals surface area contributed by atoms with Crippen molar-refractivity contribution >= 4 is 22.6 Å². The Morgan fingerprint density at radius 1 is 1.31 bits per heavy atom. The van der Waals surface area contributed by atoms with E-state index in [0.717, 1.165) is 49.2 Å². The summed E-state index contributed by atoms with van der Waals surface area (Å²) in [4.78, 5) is 20.3. The van der Waals surface area contributed by atoms with Crippen molar-refractivity contribution in [2.24, 2.45) is 0 Å². The molecule has 1 aromatic heterocycles. The number of hydrogen-bond donors (Lipinski definition) is 1. The van der Waals surface area contributed by atoms with Crippen LogP contribution in [0.4, 0.5) is 14.9 Å². The van der Waals surface area contributed by atoms with E-state index in [1.807, 2.05) is 11.8 Å². The van der Waals surface area contributed by atoms with Crippen LogP contribution >= 0.6 is 0 Å². The van der Waals surface area contributed by atoms with Crippen LogP contribution in [-0.4, -0.2) is 48.1 Å². The van der Waals surface area contributed by atoms with Gasteiger partial charge in [-0.15, -0.1) is 0 Å². The molecule has 2 fully saturated rings. The van der Waals surface area contributed by atoms with E-state index in [-0.39, 0.29) is 17.9 Å². The molecule has 2 aromatic rings. The lowest BCUT2D eigenvalue weighted by molar-refractivity contribution is 0.186. The minimum absolute atomic E-state index is 0.00761. The van der Waals surface area contributed by atoms with E-state index in [2.05, 4.69) is 21.3 Å². The van der Waals surface area contributed by atoms with E-state index in [4.69, 9.17) is 0 Å². The van der Waals surface area contributed by atoms with Gasteiger partial charge in [0.15, 0.2) is 0 Å². The van der Waals surface area contributed by atoms with Crippen molar-refractivity contribution in [2.75, 3.05) is 31.1 Å². The number of halogens is 1. The number of hydrogen-bond acceptors (Lipinski definition) is 4. The third-order valence-electron chi connectivity index (χ3n) is 5.33. The lowest BCUT2D eigenvalue weighted by Gasteiger charge is -2.38. The molecular weight excluding hydrogens is 333 g/mol. The molecule has 134 valence electrons. The molecule has 6 nitrogen and oxygen atoms in total. The van der Waals surface area contributed by atoms with Crippen molar-refractivity contribution in [3.05, 3.63) is 35.3 Å². The third kappa shape index (κ3) is 2.71. The van der Waals surface area contributed by atoms with Crippen LogP contribution in [0, 0.1) is 24.1 Å². The number of carbonyl (C=O) groups excluding carboxylic acids is 1. The number of aromatic nitrogens is 1. The largest absolute Gasteiger partial charge is 0.370 e. The number of fused-ring (bicyclic) bond motifs is 1.